The van der Waals surface area contributed by atoms with E-state index in [1.807, 2.05) is 23.1 Å². The Morgan fingerprint density at radius 2 is 2.00 bits per heavy atom. The first kappa shape index (κ1) is 24.0. The molecule has 4 rings (SSSR count). The van der Waals surface area contributed by atoms with Gasteiger partial charge in [-0.05, 0) is 42.7 Å². The first-order chi connectivity index (χ1) is 15.3. The second-order valence-corrected chi connectivity index (χ2v) is 7.61. The van der Waals surface area contributed by atoms with Crippen LogP contribution in [-0.4, -0.2) is 43.2 Å². The quantitative estimate of drug-likeness (QED) is 0.253. The van der Waals surface area contributed by atoms with E-state index < -0.39 is 0 Å². The summed E-state index contributed by atoms with van der Waals surface area (Å²) in [6.45, 7) is 2.85. The summed E-state index contributed by atoms with van der Waals surface area (Å²) in [6.07, 6.45) is 5.86. The molecule has 8 heteroatoms. The largest absolute Gasteiger partial charge is 0.469 e. The molecule has 2 N–H and O–H groups in total. The molecule has 1 atom stereocenters. The van der Waals surface area contributed by atoms with Crippen molar-refractivity contribution in [3.05, 3.63) is 84.2 Å². The van der Waals surface area contributed by atoms with E-state index in [2.05, 4.69) is 39.9 Å². The highest BCUT2D eigenvalue weighted by atomic mass is 127. The van der Waals surface area contributed by atoms with E-state index in [9.17, 15) is 4.39 Å². The Hall–Kier alpha value is -2.62. The molecule has 0 aliphatic carbocycles. The zero-order valence-corrected chi connectivity index (χ0v) is 20.2. The molecule has 0 radical (unpaired) electrons. The predicted molar refractivity (Wildman–Crippen MR) is 136 cm³/mol. The first-order valence-electron chi connectivity index (χ1n) is 10.7. The number of hydrogen-bond acceptors (Lipinski definition) is 4. The van der Waals surface area contributed by atoms with Gasteiger partial charge in [-0.25, -0.2) is 9.37 Å². The van der Waals surface area contributed by atoms with Gasteiger partial charge in [-0.15, -0.1) is 24.0 Å². The van der Waals surface area contributed by atoms with Gasteiger partial charge in [-0.2, -0.15) is 0 Å². The molecular weight excluding hydrogens is 520 g/mol. The Morgan fingerprint density at radius 1 is 1.12 bits per heavy atom. The first-order valence-corrected chi connectivity index (χ1v) is 10.7. The van der Waals surface area contributed by atoms with Crippen LogP contribution in [0.25, 0.3) is 0 Å². The summed E-state index contributed by atoms with van der Waals surface area (Å²) in [4.78, 5) is 10.9. The molecule has 1 saturated heterocycles. The van der Waals surface area contributed by atoms with Crippen molar-refractivity contribution in [2.24, 2.45) is 4.99 Å². The number of furan rings is 1. The van der Waals surface area contributed by atoms with Crippen LogP contribution in [0.5, 0.6) is 0 Å². The van der Waals surface area contributed by atoms with Crippen LogP contribution in [0.2, 0.25) is 0 Å². The van der Waals surface area contributed by atoms with Gasteiger partial charge in [0.15, 0.2) is 17.6 Å². The Bertz CT molecular complexity index is 968. The summed E-state index contributed by atoms with van der Waals surface area (Å²) in [5.74, 6) is 1.83. The van der Waals surface area contributed by atoms with E-state index in [0.29, 0.717) is 18.9 Å². The molecule has 6 nitrogen and oxygen atoms in total. The molecule has 1 aromatic carbocycles. The van der Waals surface area contributed by atoms with E-state index in [4.69, 9.17) is 9.41 Å². The van der Waals surface area contributed by atoms with Gasteiger partial charge in [0.05, 0.1) is 6.26 Å². The van der Waals surface area contributed by atoms with Crippen molar-refractivity contribution in [1.29, 1.82) is 0 Å². The molecular formula is C24H29FIN5O. The number of nitrogens with one attached hydrogen (secondary N) is 2. The molecule has 2 aromatic heterocycles. The van der Waals surface area contributed by atoms with Gasteiger partial charge in [0, 0.05) is 44.8 Å². The molecule has 170 valence electrons. The molecule has 1 aliphatic heterocycles. The van der Waals surface area contributed by atoms with Crippen LogP contribution in [0.3, 0.4) is 0 Å². The number of rotatable bonds is 8. The monoisotopic (exact) mass is 549 g/mol. The third kappa shape index (κ3) is 6.94. The van der Waals surface area contributed by atoms with E-state index in [1.54, 1.807) is 18.5 Å². The van der Waals surface area contributed by atoms with Gasteiger partial charge in [-0.3, -0.25) is 4.99 Å². The summed E-state index contributed by atoms with van der Waals surface area (Å²) < 4.78 is 19.5. The highest BCUT2D eigenvalue weighted by molar-refractivity contribution is 14.0. The summed E-state index contributed by atoms with van der Waals surface area (Å²) in [5.41, 5.74) is 1.28. The Kier molecular flexibility index (Phi) is 9.33. The van der Waals surface area contributed by atoms with Gasteiger partial charge in [0.25, 0.3) is 0 Å². The Morgan fingerprint density at radius 3 is 2.78 bits per heavy atom. The maximum Gasteiger partial charge on any atom is 0.191 e. The fraction of sp³-hybridized carbons (Fsp3) is 0.333. The highest BCUT2D eigenvalue weighted by Gasteiger charge is 2.26. The van der Waals surface area contributed by atoms with Gasteiger partial charge in [0.2, 0.25) is 0 Å². The summed E-state index contributed by atoms with van der Waals surface area (Å²) in [7, 11) is 0. The maximum absolute atomic E-state index is 14.1. The van der Waals surface area contributed by atoms with Crippen LogP contribution in [0.15, 0.2) is 76.5 Å². The fourth-order valence-electron chi connectivity index (χ4n) is 3.73. The standard InChI is InChI=1S/C24H28FN5O.HI/c25-22-9-4-13-26-23(22)30-16-12-20(18-30)29-24(28-15-11-21-8-5-17-31-21)27-14-10-19-6-2-1-3-7-19;/h1-9,13,17,20H,10-12,14-16,18H2,(H2,27,28,29);1H. The third-order valence-corrected chi connectivity index (χ3v) is 5.32. The van der Waals surface area contributed by atoms with Crippen LogP contribution in [-0.2, 0) is 12.8 Å². The zero-order chi connectivity index (χ0) is 21.3. The number of benzene rings is 1. The second kappa shape index (κ2) is 12.4. The highest BCUT2D eigenvalue weighted by Crippen LogP contribution is 2.20. The van der Waals surface area contributed by atoms with Crippen LogP contribution < -0.4 is 15.5 Å². The number of guanidine groups is 1. The Balaban J connectivity index is 0.00000289. The van der Waals surface area contributed by atoms with Gasteiger partial charge < -0.3 is 20.0 Å². The van der Waals surface area contributed by atoms with Gasteiger partial charge >= 0.3 is 0 Å². The number of aliphatic imine (C=N–C) groups is 1. The van der Waals surface area contributed by atoms with Crippen LogP contribution in [0, 0.1) is 5.82 Å². The zero-order valence-electron chi connectivity index (χ0n) is 17.9. The van der Waals surface area contributed by atoms with Crippen LogP contribution in [0.1, 0.15) is 17.7 Å². The lowest BCUT2D eigenvalue weighted by Crippen LogP contribution is -2.45. The van der Waals surface area contributed by atoms with Crippen molar-refractivity contribution in [2.45, 2.75) is 25.3 Å². The molecule has 0 saturated carbocycles. The van der Waals surface area contributed by atoms with Crippen molar-refractivity contribution in [2.75, 3.05) is 31.1 Å². The molecule has 3 heterocycles. The molecule has 32 heavy (non-hydrogen) atoms. The predicted octanol–water partition coefficient (Wildman–Crippen LogP) is 4.03. The third-order valence-electron chi connectivity index (χ3n) is 5.32. The lowest BCUT2D eigenvalue weighted by molar-refractivity contribution is 0.510. The second-order valence-electron chi connectivity index (χ2n) is 7.61. The van der Waals surface area contributed by atoms with Crippen molar-refractivity contribution in [3.8, 4) is 0 Å². The summed E-state index contributed by atoms with van der Waals surface area (Å²) in [6, 6.07) is 17.5. The Labute approximate surface area is 205 Å². The molecule has 1 unspecified atom stereocenters. The molecule has 0 bridgehead atoms. The van der Waals surface area contributed by atoms with Gasteiger partial charge in [-0.1, -0.05) is 30.3 Å². The maximum atomic E-state index is 14.1. The van der Waals surface area contributed by atoms with Crippen molar-refractivity contribution in [1.82, 2.24) is 15.6 Å². The molecule has 1 aliphatic rings. The summed E-state index contributed by atoms with van der Waals surface area (Å²) in [5, 5.41) is 6.96. The fourth-order valence-corrected chi connectivity index (χ4v) is 3.73. The number of nitrogens with zero attached hydrogens (tertiary/aromatic N) is 3. The number of hydrogen-bond donors (Lipinski definition) is 2. The number of halogens is 2. The minimum absolute atomic E-state index is 0. The molecule has 1 fully saturated rings. The summed E-state index contributed by atoms with van der Waals surface area (Å²) >= 11 is 0. The molecule has 0 spiro atoms. The minimum atomic E-state index is -0.281. The van der Waals surface area contributed by atoms with Crippen molar-refractivity contribution in [3.63, 3.8) is 0 Å². The average Bonchev–Trinajstić information content (AvgIpc) is 3.47. The van der Waals surface area contributed by atoms with Crippen molar-refractivity contribution < 1.29 is 8.81 Å². The number of pyridine rings is 1. The molecule has 0 amide bonds. The number of anilines is 1. The molecule has 3 aromatic rings. The average molecular weight is 549 g/mol. The van der Waals surface area contributed by atoms with E-state index in [1.165, 1.54) is 11.6 Å². The smallest absolute Gasteiger partial charge is 0.191 e. The van der Waals surface area contributed by atoms with E-state index in [-0.39, 0.29) is 35.8 Å². The SMILES string of the molecule is Fc1cccnc1N1CCC(NC(=NCCc2ccco2)NCCc2ccccc2)C1.I. The van der Waals surface area contributed by atoms with Crippen LogP contribution >= 0.6 is 24.0 Å². The minimum Gasteiger partial charge on any atom is -0.469 e. The van der Waals surface area contributed by atoms with Crippen molar-refractivity contribution >= 4 is 35.8 Å². The van der Waals surface area contributed by atoms with E-state index >= 15 is 0 Å². The lowest BCUT2D eigenvalue weighted by atomic mass is 10.1. The topological polar surface area (TPSA) is 65.7 Å². The lowest BCUT2D eigenvalue weighted by Gasteiger charge is -2.20. The number of aromatic nitrogens is 1. The van der Waals surface area contributed by atoms with E-state index in [0.717, 1.165) is 44.1 Å². The van der Waals surface area contributed by atoms with Gasteiger partial charge in [0.1, 0.15) is 5.76 Å². The normalized spacial score (nSPS) is 16.0. The van der Waals surface area contributed by atoms with Crippen LogP contribution in [0.4, 0.5) is 10.2 Å².